The first-order valence-electron chi connectivity index (χ1n) is 7.76. The van der Waals surface area contributed by atoms with E-state index in [-0.39, 0.29) is 11.9 Å². The zero-order chi connectivity index (χ0) is 17.4. The molecule has 0 unspecified atom stereocenters. The molecule has 1 aromatic heterocycles. The lowest BCUT2D eigenvalue weighted by atomic mass is 10.0. The first-order chi connectivity index (χ1) is 12.0. The monoisotopic (exact) mass is 346 g/mol. The molecule has 0 spiro atoms. The Morgan fingerprint density at radius 3 is 2.52 bits per heavy atom. The lowest BCUT2D eigenvalue weighted by Crippen LogP contribution is -2.15. The maximum absolute atomic E-state index is 12.6. The van der Waals surface area contributed by atoms with Crippen LogP contribution in [0.15, 0.2) is 53.1 Å². The fraction of sp³-hybridized carbons (Fsp3) is 0.222. The van der Waals surface area contributed by atoms with Gasteiger partial charge in [-0.05, 0) is 36.6 Å². The molecule has 128 valence electrons. The highest BCUT2D eigenvalue weighted by atomic mass is 19.4. The van der Waals surface area contributed by atoms with Crippen molar-refractivity contribution in [3.05, 3.63) is 65.5 Å². The molecule has 1 atom stereocenters. The molecule has 0 N–H and O–H groups in total. The minimum absolute atomic E-state index is 0.242. The molecule has 0 aliphatic carbocycles. The van der Waals surface area contributed by atoms with Crippen LogP contribution in [0.3, 0.4) is 0 Å². The van der Waals surface area contributed by atoms with Gasteiger partial charge in [-0.25, -0.2) is 0 Å². The number of nitrogens with zero attached hydrogens (tertiary/aromatic N) is 2. The molecule has 4 nitrogen and oxygen atoms in total. The van der Waals surface area contributed by atoms with E-state index in [1.807, 2.05) is 24.3 Å². The summed E-state index contributed by atoms with van der Waals surface area (Å²) in [6.07, 6.45) is -3.19. The van der Waals surface area contributed by atoms with Crippen molar-refractivity contribution in [2.24, 2.45) is 0 Å². The fourth-order valence-corrected chi connectivity index (χ4v) is 2.79. The van der Waals surface area contributed by atoms with Crippen LogP contribution in [0.1, 0.15) is 29.5 Å². The molecule has 1 aliphatic heterocycles. The Hall–Kier alpha value is -2.83. The summed E-state index contributed by atoms with van der Waals surface area (Å²) in [5, 5.41) is 3.86. The fourth-order valence-electron chi connectivity index (χ4n) is 2.79. The topological polar surface area (TPSA) is 48.2 Å². The van der Waals surface area contributed by atoms with Crippen LogP contribution in [0.5, 0.6) is 5.75 Å². The van der Waals surface area contributed by atoms with Gasteiger partial charge in [0, 0.05) is 5.56 Å². The molecule has 0 amide bonds. The molecule has 7 heteroatoms. The molecule has 4 rings (SSSR count). The van der Waals surface area contributed by atoms with Crippen LogP contribution in [0.25, 0.3) is 11.4 Å². The van der Waals surface area contributed by atoms with Crippen LogP contribution in [0, 0.1) is 0 Å². The van der Waals surface area contributed by atoms with E-state index in [9.17, 15) is 13.2 Å². The van der Waals surface area contributed by atoms with Crippen LogP contribution >= 0.6 is 0 Å². The molecule has 0 bridgehead atoms. The van der Waals surface area contributed by atoms with Gasteiger partial charge in [0.2, 0.25) is 5.82 Å². The Kier molecular flexibility index (Phi) is 3.71. The first kappa shape index (κ1) is 15.7. The van der Waals surface area contributed by atoms with Crippen molar-refractivity contribution in [3.63, 3.8) is 0 Å². The summed E-state index contributed by atoms with van der Waals surface area (Å²) >= 11 is 0. The van der Waals surface area contributed by atoms with Crippen LogP contribution in [-0.2, 0) is 12.6 Å². The number of benzene rings is 2. The summed E-state index contributed by atoms with van der Waals surface area (Å²) in [5.41, 5.74) is 0.868. The summed E-state index contributed by atoms with van der Waals surface area (Å²) in [7, 11) is 0. The second kappa shape index (κ2) is 5.91. The Morgan fingerprint density at radius 1 is 1.00 bits per heavy atom. The van der Waals surface area contributed by atoms with Gasteiger partial charge in [-0.2, -0.15) is 18.2 Å². The molecule has 0 saturated carbocycles. The maximum atomic E-state index is 12.6. The van der Waals surface area contributed by atoms with E-state index >= 15 is 0 Å². The van der Waals surface area contributed by atoms with Gasteiger partial charge in [-0.3, -0.25) is 0 Å². The van der Waals surface area contributed by atoms with Crippen molar-refractivity contribution in [1.82, 2.24) is 10.1 Å². The largest absolute Gasteiger partial charge is 0.480 e. The van der Waals surface area contributed by atoms with Crippen molar-refractivity contribution in [2.45, 2.75) is 25.1 Å². The van der Waals surface area contributed by atoms with E-state index in [4.69, 9.17) is 9.26 Å². The van der Waals surface area contributed by atoms with E-state index in [1.54, 1.807) is 0 Å². The second-order valence-corrected chi connectivity index (χ2v) is 5.78. The Morgan fingerprint density at radius 2 is 1.76 bits per heavy atom. The average Bonchev–Trinajstić information content (AvgIpc) is 3.11. The number of rotatable bonds is 2. The summed E-state index contributed by atoms with van der Waals surface area (Å²) < 4.78 is 49.0. The summed E-state index contributed by atoms with van der Waals surface area (Å²) in [5.74, 6) is 1.35. The number of hydrogen-bond donors (Lipinski definition) is 0. The van der Waals surface area contributed by atoms with Crippen molar-refractivity contribution >= 4 is 0 Å². The van der Waals surface area contributed by atoms with Crippen LogP contribution in [0.4, 0.5) is 13.2 Å². The molecule has 1 aliphatic rings. The number of para-hydroxylation sites is 1. The molecular weight excluding hydrogens is 333 g/mol. The molecule has 0 fully saturated rings. The van der Waals surface area contributed by atoms with Crippen molar-refractivity contribution < 1.29 is 22.4 Å². The normalized spacial score (nSPS) is 17.0. The summed E-state index contributed by atoms with van der Waals surface area (Å²) in [6, 6.07) is 12.4. The van der Waals surface area contributed by atoms with Gasteiger partial charge in [0.1, 0.15) is 5.75 Å². The zero-order valence-electron chi connectivity index (χ0n) is 13.0. The Balaban J connectivity index is 1.55. The van der Waals surface area contributed by atoms with Crippen molar-refractivity contribution in [2.75, 3.05) is 0 Å². The number of aryl methyl sites for hydroxylation is 1. The highest BCUT2D eigenvalue weighted by Crippen LogP contribution is 2.35. The van der Waals surface area contributed by atoms with Gasteiger partial charge in [0.15, 0.2) is 6.10 Å². The molecule has 2 aromatic carbocycles. The predicted molar refractivity (Wildman–Crippen MR) is 82.9 cm³/mol. The summed E-state index contributed by atoms with van der Waals surface area (Å²) in [4.78, 5) is 4.28. The minimum atomic E-state index is -4.37. The van der Waals surface area contributed by atoms with Gasteiger partial charge in [0.25, 0.3) is 5.89 Å². The minimum Gasteiger partial charge on any atom is -0.480 e. The smallest absolute Gasteiger partial charge is 0.416 e. The van der Waals surface area contributed by atoms with Crippen molar-refractivity contribution in [3.8, 4) is 17.1 Å². The highest BCUT2D eigenvalue weighted by Gasteiger charge is 2.30. The molecular formula is C18H13F3N2O2. The van der Waals surface area contributed by atoms with E-state index in [1.165, 1.54) is 12.1 Å². The third kappa shape index (κ3) is 3.09. The Labute approximate surface area is 141 Å². The quantitative estimate of drug-likeness (QED) is 0.667. The SMILES string of the molecule is FC(F)(F)c1ccc(-c2noc([C@H]3CCc4ccccc4O3)n2)cc1. The van der Waals surface area contributed by atoms with Gasteiger partial charge >= 0.3 is 6.18 Å². The van der Waals surface area contributed by atoms with Crippen LogP contribution < -0.4 is 4.74 Å². The van der Waals surface area contributed by atoms with E-state index in [0.717, 1.165) is 29.9 Å². The van der Waals surface area contributed by atoms with Gasteiger partial charge in [-0.15, -0.1) is 0 Å². The number of hydrogen-bond acceptors (Lipinski definition) is 4. The number of halogens is 3. The van der Waals surface area contributed by atoms with Gasteiger partial charge in [0.05, 0.1) is 5.56 Å². The van der Waals surface area contributed by atoms with E-state index < -0.39 is 11.7 Å². The molecule has 0 saturated heterocycles. The number of alkyl halides is 3. The average molecular weight is 346 g/mol. The molecule has 3 aromatic rings. The standard InChI is InChI=1S/C18H13F3N2O2/c19-18(20,21)13-8-5-12(6-9-13)16-22-17(25-23-16)15-10-7-11-3-1-2-4-14(11)24-15/h1-6,8-9,15H,7,10H2/t15-/m1/s1. The number of fused-ring (bicyclic) bond motifs is 1. The van der Waals surface area contributed by atoms with Crippen LogP contribution in [0.2, 0.25) is 0 Å². The second-order valence-electron chi connectivity index (χ2n) is 5.78. The number of aromatic nitrogens is 2. The zero-order valence-corrected chi connectivity index (χ0v) is 13.0. The Bertz CT molecular complexity index is 888. The van der Waals surface area contributed by atoms with Gasteiger partial charge in [-0.1, -0.05) is 35.5 Å². The lowest BCUT2D eigenvalue weighted by Gasteiger charge is -2.23. The predicted octanol–water partition coefficient (Wildman–Crippen LogP) is 4.82. The van der Waals surface area contributed by atoms with Crippen LogP contribution in [-0.4, -0.2) is 10.1 Å². The van der Waals surface area contributed by atoms with E-state index in [2.05, 4.69) is 10.1 Å². The first-order valence-corrected chi connectivity index (χ1v) is 7.76. The highest BCUT2D eigenvalue weighted by molar-refractivity contribution is 5.55. The molecule has 0 radical (unpaired) electrons. The van der Waals surface area contributed by atoms with Gasteiger partial charge < -0.3 is 9.26 Å². The van der Waals surface area contributed by atoms with E-state index in [0.29, 0.717) is 17.9 Å². The maximum Gasteiger partial charge on any atom is 0.416 e. The number of ether oxygens (including phenoxy) is 1. The molecule has 25 heavy (non-hydrogen) atoms. The molecule has 2 heterocycles. The lowest BCUT2D eigenvalue weighted by molar-refractivity contribution is -0.137. The van der Waals surface area contributed by atoms with Crippen molar-refractivity contribution in [1.29, 1.82) is 0 Å². The third-order valence-corrected chi connectivity index (χ3v) is 4.11. The summed E-state index contributed by atoms with van der Waals surface area (Å²) in [6.45, 7) is 0. The third-order valence-electron chi connectivity index (χ3n) is 4.11.